The highest BCUT2D eigenvalue weighted by molar-refractivity contribution is 5.99. The smallest absolute Gasteiger partial charge is 0.355 e. The fraction of sp³-hybridized carbons (Fsp3) is 0.409. The van der Waals surface area contributed by atoms with Crippen LogP contribution in [-0.2, 0) is 20.7 Å². The van der Waals surface area contributed by atoms with Crippen molar-refractivity contribution in [1.29, 1.82) is 0 Å². The van der Waals surface area contributed by atoms with E-state index in [-0.39, 0.29) is 18.3 Å². The van der Waals surface area contributed by atoms with Crippen LogP contribution in [0.2, 0.25) is 0 Å². The number of benzene rings is 1. The molecule has 1 amide bonds. The summed E-state index contributed by atoms with van der Waals surface area (Å²) in [6.45, 7) is 8.79. The minimum Gasteiger partial charge on any atom is -0.462 e. The molecule has 0 aliphatic rings. The Balaban J connectivity index is 1.95. The standard InChI is InChI=1S/C22H28N2O5/c1-6-16-8-10-17(11-9-16)14(4)23-18(25)12-29-22(27)20-13(3)19(15(5)24-20)21(26)28-7-2/h8-11,14,24H,6-7,12H2,1-5H3,(H,23,25). The van der Waals surface area contributed by atoms with Crippen molar-refractivity contribution >= 4 is 17.8 Å². The molecule has 0 radical (unpaired) electrons. The number of aromatic amines is 1. The second kappa shape index (κ2) is 9.91. The summed E-state index contributed by atoms with van der Waals surface area (Å²) in [5.41, 5.74) is 3.60. The average Bonchev–Trinajstić information content (AvgIpc) is 3.00. The van der Waals surface area contributed by atoms with Crippen LogP contribution in [0.4, 0.5) is 0 Å². The second-order valence-corrected chi connectivity index (χ2v) is 6.81. The molecule has 1 aromatic heterocycles. The van der Waals surface area contributed by atoms with Crippen LogP contribution in [0.15, 0.2) is 24.3 Å². The lowest BCUT2D eigenvalue weighted by Crippen LogP contribution is -2.31. The molecule has 1 aromatic carbocycles. The molecule has 2 rings (SSSR count). The van der Waals surface area contributed by atoms with Crippen molar-refractivity contribution in [3.05, 3.63) is 57.9 Å². The number of carbonyl (C=O) groups excluding carboxylic acids is 3. The van der Waals surface area contributed by atoms with Crippen molar-refractivity contribution in [2.75, 3.05) is 13.2 Å². The molecular weight excluding hydrogens is 372 g/mol. The van der Waals surface area contributed by atoms with E-state index in [1.807, 2.05) is 31.2 Å². The largest absolute Gasteiger partial charge is 0.462 e. The van der Waals surface area contributed by atoms with Crippen LogP contribution < -0.4 is 5.32 Å². The van der Waals surface area contributed by atoms with Gasteiger partial charge < -0.3 is 19.8 Å². The second-order valence-electron chi connectivity index (χ2n) is 6.81. The van der Waals surface area contributed by atoms with Crippen LogP contribution >= 0.6 is 0 Å². The van der Waals surface area contributed by atoms with E-state index in [4.69, 9.17) is 9.47 Å². The Kier molecular flexibility index (Phi) is 7.59. The molecule has 1 heterocycles. The molecule has 2 N–H and O–H groups in total. The number of amides is 1. The van der Waals surface area contributed by atoms with Gasteiger partial charge in [0.15, 0.2) is 6.61 Å². The van der Waals surface area contributed by atoms with Crippen molar-refractivity contribution in [3.8, 4) is 0 Å². The van der Waals surface area contributed by atoms with Crippen LogP contribution in [0.3, 0.4) is 0 Å². The monoisotopic (exact) mass is 400 g/mol. The third-order valence-electron chi connectivity index (χ3n) is 4.72. The van der Waals surface area contributed by atoms with E-state index in [9.17, 15) is 14.4 Å². The Morgan fingerprint density at radius 2 is 1.69 bits per heavy atom. The Morgan fingerprint density at radius 1 is 1.03 bits per heavy atom. The third kappa shape index (κ3) is 5.47. The van der Waals surface area contributed by atoms with E-state index in [0.29, 0.717) is 16.8 Å². The predicted molar refractivity (Wildman–Crippen MR) is 109 cm³/mol. The molecule has 7 heteroatoms. The van der Waals surface area contributed by atoms with Crippen LogP contribution in [0.1, 0.15) is 70.0 Å². The van der Waals surface area contributed by atoms with E-state index < -0.39 is 24.5 Å². The number of hydrogen-bond donors (Lipinski definition) is 2. The number of ether oxygens (including phenoxy) is 2. The summed E-state index contributed by atoms with van der Waals surface area (Å²) >= 11 is 0. The van der Waals surface area contributed by atoms with Gasteiger partial charge in [-0.2, -0.15) is 0 Å². The van der Waals surface area contributed by atoms with Gasteiger partial charge in [-0.1, -0.05) is 31.2 Å². The number of aromatic nitrogens is 1. The van der Waals surface area contributed by atoms with Gasteiger partial charge in [-0.3, -0.25) is 4.79 Å². The van der Waals surface area contributed by atoms with Gasteiger partial charge in [-0.25, -0.2) is 9.59 Å². The minimum absolute atomic E-state index is 0.140. The molecule has 29 heavy (non-hydrogen) atoms. The number of hydrogen-bond acceptors (Lipinski definition) is 5. The number of carbonyl (C=O) groups is 3. The predicted octanol–water partition coefficient (Wildman–Crippen LogP) is 3.40. The summed E-state index contributed by atoms with van der Waals surface area (Å²) in [4.78, 5) is 39.4. The fourth-order valence-corrected chi connectivity index (χ4v) is 3.08. The molecule has 0 bridgehead atoms. The number of esters is 2. The van der Waals surface area contributed by atoms with Crippen molar-refractivity contribution in [1.82, 2.24) is 10.3 Å². The first kappa shape index (κ1) is 22.2. The first-order valence-electron chi connectivity index (χ1n) is 9.70. The Labute approximate surface area is 170 Å². The molecule has 1 unspecified atom stereocenters. The average molecular weight is 400 g/mol. The summed E-state index contributed by atoms with van der Waals surface area (Å²) in [5.74, 6) is -1.60. The van der Waals surface area contributed by atoms with Gasteiger partial charge in [-0.15, -0.1) is 0 Å². The maximum absolute atomic E-state index is 12.4. The Morgan fingerprint density at radius 3 is 2.28 bits per heavy atom. The quantitative estimate of drug-likeness (QED) is 0.662. The summed E-state index contributed by atoms with van der Waals surface area (Å²) in [6.07, 6.45) is 0.951. The molecule has 0 saturated carbocycles. The van der Waals surface area contributed by atoms with Crippen molar-refractivity contribution in [2.24, 2.45) is 0 Å². The summed E-state index contributed by atoms with van der Waals surface area (Å²) in [5, 5.41) is 2.81. The highest BCUT2D eigenvalue weighted by Gasteiger charge is 2.24. The molecule has 156 valence electrons. The third-order valence-corrected chi connectivity index (χ3v) is 4.72. The summed E-state index contributed by atoms with van der Waals surface area (Å²) < 4.78 is 10.1. The van der Waals surface area contributed by atoms with Gasteiger partial charge in [0, 0.05) is 5.69 Å². The van der Waals surface area contributed by atoms with Crippen molar-refractivity contribution < 1.29 is 23.9 Å². The zero-order valence-electron chi connectivity index (χ0n) is 17.5. The first-order valence-corrected chi connectivity index (χ1v) is 9.70. The summed E-state index contributed by atoms with van der Waals surface area (Å²) in [7, 11) is 0. The van der Waals surface area contributed by atoms with Crippen molar-refractivity contribution in [2.45, 2.75) is 47.1 Å². The SMILES string of the molecule is CCOC(=O)c1c(C)[nH]c(C(=O)OCC(=O)NC(C)c2ccc(CC)cc2)c1C. The Bertz CT molecular complexity index is 883. The molecular formula is C22H28N2O5. The van der Waals surface area contributed by atoms with Gasteiger partial charge in [-0.05, 0) is 50.8 Å². The lowest BCUT2D eigenvalue weighted by molar-refractivity contribution is -0.124. The first-order chi connectivity index (χ1) is 13.8. The number of rotatable bonds is 8. The van der Waals surface area contributed by atoms with Crippen LogP contribution in [0, 0.1) is 13.8 Å². The van der Waals surface area contributed by atoms with E-state index >= 15 is 0 Å². The zero-order valence-corrected chi connectivity index (χ0v) is 17.5. The molecule has 0 spiro atoms. The number of nitrogens with one attached hydrogen (secondary N) is 2. The molecule has 2 aromatic rings. The molecule has 0 fully saturated rings. The normalized spacial score (nSPS) is 11.6. The van der Waals surface area contributed by atoms with E-state index in [2.05, 4.69) is 17.2 Å². The zero-order chi connectivity index (χ0) is 21.6. The lowest BCUT2D eigenvalue weighted by Gasteiger charge is -2.15. The van der Waals surface area contributed by atoms with Gasteiger partial charge >= 0.3 is 11.9 Å². The minimum atomic E-state index is -0.698. The summed E-state index contributed by atoms with van der Waals surface area (Å²) in [6, 6.07) is 7.78. The lowest BCUT2D eigenvalue weighted by atomic mass is 10.1. The maximum atomic E-state index is 12.4. The van der Waals surface area contributed by atoms with E-state index in [1.54, 1.807) is 20.8 Å². The highest BCUT2D eigenvalue weighted by Crippen LogP contribution is 2.20. The topological polar surface area (TPSA) is 97.5 Å². The highest BCUT2D eigenvalue weighted by atomic mass is 16.5. The molecule has 0 saturated heterocycles. The molecule has 0 aliphatic heterocycles. The van der Waals surface area contributed by atoms with Gasteiger partial charge in [0.1, 0.15) is 5.69 Å². The van der Waals surface area contributed by atoms with E-state index in [0.717, 1.165) is 12.0 Å². The van der Waals surface area contributed by atoms with Crippen LogP contribution in [-0.4, -0.2) is 36.0 Å². The van der Waals surface area contributed by atoms with Crippen LogP contribution in [0.5, 0.6) is 0 Å². The van der Waals surface area contributed by atoms with Crippen molar-refractivity contribution in [3.63, 3.8) is 0 Å². The van der Waals surface area contributed by atoms with Gasteiger partial charge in [0.2, 0.25) is 0 Å². The fourth-order valence-electron chi connectivity index (χ4n) is 3.08. The molecule has 0 aliphatic carbocycles. The number of H-pyrrole nitrogens is 1. The van der Waals surface area contributed by atoms with Crippen LogP contribution in [0.25, 0.3) is 0 Å². The molecule has 1 atom stereocenters. The van der Waals surface area contributed by atoms with E-state index in [1.165, 1.54) is 5.56 Å². The van der Waals surface area contributed by atoms with Gasteiger partial charge in [0.05, 0.1) is 18.2 Å². The molecule has 7 nitrogen and oxygen atoms in total. The van der Waals surface area contributed by atoms with Gasteiger partial charge in [0.25, 0.3) is 5.91 Å². The Hall–Kier alpha value is -3.09. The number of aryl methyl sites for hydroxylation is 2. The maximum Gasteiger partial charge on any atom is 0.355 e.